The number of benzene rings is 3. The summed E-state index contributed by atoms with van der Waals surface area (Å²) in [6.07, 6.45) is 2.29. The zero-order valence-corrected chi connectivity index (χ0v) is 15.6. The van der Waals surface area contributed by atoms with Gasteiger partial charge in [0.15, 0.2) is 11.5 Å². The normalized spacial score (nSPS) is 11.0. The molecule has 3 aromatic carbocycles. The molecule has 0 aromatic heterocycles. The molecular formula is C20H16BrNO4. The number of nitrogens with zero attached hydrogens (tertiary/aromatic N) is 1. The third-order valence-corrected chi connectivity index (χ3v) is 4.61. The quantitative estimate of drug-likeness (QED) is 0.398. The number of hydrogen-bond acceptors (Lipinski definition) is 4. The fourth-order valence-electron chi connectivity index (χ4n) is 2.67. The molecule has 0 heterocycles. The maximum Gasteiger partial charge on any atom is 0.235 e. The molecular weight excluding hydrogens is 398 g/mol. The van der Waals surface area contributed by atoms with Gasteiger partial charge in [0, 0.05) is 10.5 Å². The van der Waals surface area contributed by atoms with Crippen LogP contribution in [0.3, 0.4) is 0 Å². The van der Waals surface area contributed by atoms with Crippen LogP contribution >= 0.6 is 15.9 Å². The molecule has 0 atom stereocenters. The van der Waals surface area contributed by atoms with E-state index in [0.717, 1.165) is 22.5 Å². The molecule has 26 heavy (non-hydrogen) atoms. The van der Waals surface area contributed by atoms with Crippen molar-refractivity contribution >= 4 is 32.8 Å². The van der Waals surface area contributed by atoms with Gasteiger partial charge in [-0.2, -0.15) is 0 Å². The molecule has 0 amide bonds. The van der Waals surface area contributed by atoms with Crippen LogP contribution in [-0.4, -0.2) is 12.0 Å². The van der Waals surface area contributed by atoms with E-state index in [-0.39, 0.29) is 0 Å². The summed E-state index contributed by atoms with van der Waals surface area (Å²) in [6.45, 7) is 0.383. The van der Waals surface area contributed by atoms with Gasteiger partial charge in [0.05, 0.1) is 12.0 Å². The monoisotopic (exact) mass is 413 g/mol. The molecule has 0 saturated carbocycles. The lowest BCUT2D eigenvalue weighted by Gasteiger charge is -2.14. The highest BCUT2D eigenvalue weighted by Crippen LogP contribution is 2.35. The molecule has 0 unspecified atom stereocenters. The standard InChI is InChI=1S/C20H16BrNO4/c1-25-19-11-15(9-10-22(23)24)18(21)12-20(19)26-13-16-7-4-6-14-5-2-3-8-17(14)16/h2-12H,13H2,1H3/b10-9-. The van der Waals surface area contributed by atoms with E-state index in [2.05, 4.69) is 34.1 Å². The fraction of sp³-hybridized carbons (Fsp3) is 0.100. The van der Waals surface area contributed by atoms with E-state index in [0.29, 0.717) is 28.1 Å². The van der Waals surface area contributed by atoms with Gasteiger partial charge < -0.3 is 9.47 Å². The summed E-state index contributed by atoms with van der Waals surface area (Å²) in [5, 5.41) is 12.8. The number of rotatable bonds is 6. The number of ether oxygens (including phenoxy) is 2. The summed E-state index contributed by atoms with van der Waals surface area (Å²) >= 11 is 3.42. The first-order valence-electron chi connectivity index (χ1n) is 7.87. The van der Waals surface area contributed by atoms with Crippen molar-refractivity contribution in [3.63, 3.8) is 0 Å². The van der Waals surface area contributed by atoms with Crippen molar-refractivity contribution in [3.8, 4) is 11.5 Å². The average Bonchev–Trinajstić information content (AvgIpc) is 2.65. The number of hydrogen-bond donors (Lipinski definition) is 0. The molecule has 3 rings (SSSR count). The minimum Gasteiger partial charge on any atom is -0.493 e. The Kier molecular flexibility index (Phi) is 5.53. The van der Waals surface area contributed by atoms with E-state index in [1.807, 2.05) is 24.3 Å². The second kappa shape index (κ2) is 8.01. The minimum absolute atomic E-state index is 0.383. The minimum atomic E-state index is -0.510. The molecule has 0 saturated heterocycles. The Morgan fingerprint density at radius 3 is 2.65 bits per heavy atom. The number of nitro groups is 1. The van der Waals surface area contributed by atoms with Crippen molar-refractivity contribution < 1.29 is 14.4 Å². The maximum absolute atomic E-state index is 10.5. The fourth-order valence-corrected chi connectivity index (χ4v) is 3.12. The predicted molar refractivity (Wildman–Crippen MR) is 105 cm³/mol. The Morgan fingerprint density at radius 2 is 1.88 bits per heavy atom. The zero-order chi connectivity index (χ0) is 18.5. The molecule has 0 aliphatic rings. The van der Waals surface area contributed by atoms with Gasteiger partial charge in [-0.1, -0.05) is 58.4 Å². The lowest BCUT2D eigenvalue weighted by Crippen LogP contribution is -1.99. The lowest BCUT2D eigenvalue weighted by molar-refractivity contribution is -0.400. The van der Waals surface area contributed by atoms with Gasteiger partial charge in [-0.15, -0.1) is 0 Å². The first-order chi connectivity index (χ1) is 12.6. The summed E-state index contributed by atoms with van der Waals surface area (Å²) in [7, 11) is 1.54. The second-order valence-corrected chi connectivity index (χ2v) is 6.41. The third-order valence-electron chi connectivity index (χ3n) is 3.92. The van der Waals surface area contributed by atoms with Crippen molar-refractivity contribution in [1.82, 2.24) is 0 Å². The largest absolute Gasteiger partial charge is 0.493 e. The van der Waals surface area contributed by atoms with E-state index >= 15 is 0 Å². The first kappa shape index (κ1) is 17.9. The van der Waals surface area contributed by atoms with E-state index < -0.39 is 4.92 Å². The average molecular weight is 414 g/mol. The van der Waals surface area contributed by atoms with Gasteiger partial charge in [0.25, 0.3) is 0 Å². The van der Waals surface area contributed by atoms with Crippen LogP contribution in [0.1, 0.15) is 11.1 Å². The summed E-state index contributed by atoms with van der Waals surface area (Å²) in [5.74, 6) is 1.07. The van der Waals surface area contributed by atoms with Crippen LogP contribution in [0.4, 0.5) is 0 Å². The second-order valence-electron chi connectivity index (χ2n) is 5.55. The van der Waals surface area contributed by atoms with E-state index in [1.165, 1.54) is 13.2 Å². The molecule has 0 aliphatic carbocycles. The third kappa shape index (κ3) is 4.03. The Morgan fingerprint density at radius 1 is 1.12 bits per heavy atom. The van der Waals surface area contributed by atoms with Crippen molar-refractivity contribution in [2.45, 2.75) is 6.61 Å². The SMILES string of the molecule is COc1cc(/C=C\[N+](=O)[O-])c(Br)cc1OCc1cccc2ccccc12. The Balaban J connectivity index is 1.87. The van der Waals surface area contributed by atoms with Crippen molar-refractivity contribution in [2.24, 2.45) is 0 Å². The van der Waals surface area contributed by atoms with Crippen molar-refractivity contribution in [3.05, 3.63) is 86.5 Å². The molecule has 0 aliphatic heterocycles. The van der Waals surface area contributed by atoms with Crippen LogP contribution < -0.4 is 9.47 Å². The molecule has 3 aromatic rings. The molecule has 0 N–H and O–H groups in total. The zero-order valence-electron chi connectivity index (χ0n) is 14.0. The van der Waals surface area contributed by atoms with E-state index in [1.54, 1.807) is 12.1 Å². The van der Waals surface area contributed by atoms with Crippen LogP contribution in [0.5, 0.6) is 11.5 Å². The van der Waals surface area contributed by atoms with Gasteiger partial charge in [-0.25, -0.2) is 0 Å². The maximum atomic E-state index is 10.5. The van der Waals surface area contributed by atoms with Crippen LogP contribution in [0, 0.1) is 10.1 Å². The Labute approximate surface area is 159 Å². The van der Waals surface area contributed by atoms with E-state index in [4.69, 9.17) is 9.47 Å². The summed E-state index contributed by atoms with van der Waals surface area (Å²) in [5.41, 5.74) is 1.70. The molecule has 0 fully saturated rings. The molecule has 6 heteroatoms. The summed E-state index contributed by atoms with van der Waals surface area (Å²) in [4.78, 5) is 10.0. The molecule has 0 spiro atoms. The van der Waals surface area contributed by atoms with Gasteiger partial charge in [-0.3, -0.25) is 10.1 Å². The van der Waals surface area contributed by atoms with Gasteiger partial charge >= 0.3 is 0 Å². The lowest BCUT2D eigenvalue weighted by atomic mass is 10.1. The molecule has 132 valence electrons. The highest BCUT2D eigenvalue weighted by molar-refractivity contribution is 9.10. The van der Waals surface area contributed by atoms with Crippen LogP contribution in [0.15, 0.2) is 65.3 Å². The molecule has 5 nitrogen and oxygen atoms in total. The highest BCUT2D eigenvalue weighted by Gasteiger charge is 2.11. The summed E-state index contributed by atoms with van der Waals surface area (Å²) in [6, 6.07) is 17.7. The smallest absolute Gasteiger partial charge is 0.235 e. The van der Waals surface area contributed by atoms with Gasteiger partial charge in [0.1, 0.15) is 6.61 Å². The number of methoxy groups -OCH3 is 1. The van der Waals surface area contributed by atoms with E-state index in [9.17, 15) is 10.1 Å². The topological polar surface area (TPSA) is 61.6 Å². The van der Waals surface area contributed by atoms with Crippen molar-refractivity contribution in [1.29, 1.82) is 0 Å². The number of halogens is 1. The highest BCUT2D eigenvalue weighted by atomic mass is 79.9. The van der Waals surface area contributed by atoms with Crippen LogP contribution in [0.2, 0.25) is 0 Å². The predicted octanol–water partition coefficient (Wildman–Crippen LogP) is 5.44. The molecule has 0 bridgehead atoms. The molecule has 0 radical (unpaired) electrons. The first-order valence-corrected chi connectivity index (χ1v) is 8.66. The van der Waals surface area contributed by atoms with Crippen LogP contribution in [-0.2, 0) is 6.61 Å². The van der Waals surface area contributed by atoms with Crippen LogP contribution in [0.25, 0.3) is 16.8 Å². The van der Waals surface area contributed by atoms with Gasteiger partial charge in [0.2, 0.25) is 6.20 Å². The van der Waals surface area contributed by atoms with Gasteiger partial charge in [-0.05, 0) is 34.0 Å². The summed E-state index contributed by atoms with van der Waals surface area (Å²) < 4.78 is 12.0. The number of fused-ring (bicyclic) bond motifs is 1. The Hall–Kier alpha value is -2.86. The Bertz CT molecular complexity index is 979. The van der Waals surface area contributed by atoms with Crippen molar-refractivity contribution in [2.75, 3.05) is 7.11 Å².